The highest BCUT2D eigenvalue weighted by atomic mass is 35.5. The first-order chi connectivity index (χ1) is 14.0. The normalized spacial score (nSPS) is 10.4. The van der Waals surface area contributed by atoms with Gasteiger partial charge in [0.05, 0.1) is 7.11 Å². The van der Waals surface area contributed by atoms with Crippen LogP contribution in [-0.2, 0) is 19.6 Å². The van der Waals surface area contributed by atoms with Crippen molar-refractivity contribution in [2.24, 2.45) is 0 Å². The third-order valence-corrected chi connectivity index (χ3v) is 5.31. The molecule has 3 nitrogen and oxygen atoms in total. The number of hydrogen-bond acceptors (Lipinski definition) is 3. The quantitative estimate of drug-likeness (QED) is 0.330. The summed E-state index contributed by atoms with van der Waals surface area (Å²) in [4.78, 5) is 0. The summed E-state index contributed by atoms with van der Waals surface area (Å²) in [5, 5.41) is 5.32. The lowest BCUT2D eigenvalue weighted by Gasteiger charge is -2.14. The lowest BCUT2D eigenvalue weighted by molar-refractivity contribution is 0.302. The fraction of sp³-hybridized carbons (Fsp3) is 0.217. The van der Waals surface area contributed by atoms with E-state index in [1.165, 1.54) is 5.56 Å². The minimum Gasteiger partial charge on any atom is -0.497 e. The second-order valence-electron chi connectivity index (χ2n) is 6.55. The first kappa shape index (κ1) is 24.6. The molecule has 0 fully saturated rings. The fourth-order valence-corrected chi connectivity index (χ4v) is 3.53. The van der Waals surface area contributed by atoms with Gasteiger partial charge in [0, 0.05) is 32.7 Å². The van der Waals surface area contributed by atoms with Crippen molar-refractivity contribution in [2.45, 2.75) is 19.6 Å². The molecule has 3 rings (SSSR count). The standard InChI is InChI=1S/C23H22Cl3NO2.ClH/c1-28-21-7-2-16(3-8-21)10-11-27-14-18-12-19(24)6-9-23(18)29-15-17-4-5-20(25)13-22(17)26;/h2-9,12-13,27H,10-11,14-15H2,1H3;1H. The first-order valence-electron chi connectivity index (χ1n) is 9.24. The van der Waals surface area contributed by atoms with E-state index in [0.29, 0.717) is 28.2 Å². The molecular weight excluding hydrogens is 464 g/mol. The summed E-state index contributed by atoms with van der Waals surface area (Å²) in [6, 6.07) is 19.1. The van der Waals surface area contributed by atoms with Crippen LogP contribution >= 0.6 is 47.2 Å². The van der Waals surface area contributed by atoms with Crippen molar-refractivity contribution < 1.29 is 9.47 Å². The van der Waals surface area contributed by atoms with E-state index in [-0.39, 0.29) is 12.4 Å². The predicted octanol–water partition coefficient (Wildman–Crippen LogP) is 6.99. The molecule has 0 amide bonds. The van der Waals surface area contributed by atoms with E-state index in [2.05, 4.69) is 17.4 Å². The highest BCUT2D eigenvalue weighted by Crippen LogP contribution is 2.26. The summed E-state index contributed by atoms with van der Waals surface area (Å²) in [6.45, 7) is 1.85. The van der Waals surface area contributed by atoms with Gasteiger partial charge in [-0.2, -0.15) is 0 Å². The Morgan fingerprint density at radius 3 is 2.23 bits per heavy atom. The molecule has 7 heteroatoms. The molecule has 0 heterocycles. The van der Waals surface area contributed by atoms with Crippen molar-refractivity contribution in [3.05, 3.63) is 92.4 Å². The van der Waals surface area contributed by atoms with Crippen molar-refractivity contribution in [3.8, 4) is 11.5 Å². The zero-order chi connectivity index (χ0) is 20.6. The van der Waals surface area contributed by atoms with Crippen LogP contribution in [0.3, 0.4) is 0 Å². The first-order valence-corrected chi connectivity index (χ1v) is 10.4. The maximum Gasteiger partial charge on any atom is 0.124 e. The van der Waals surface area contributed by atoms with Crippen molar-refractivity contribution >= 4 is 47.2 Å². The van der Waals surface area contributed by atoms with Gasteiger partial charge in [0.1, 0.15) is 18.1 Å². The van der Waals surface area contributed by atoms with Gasteiger partial charge < -0.3 is 14.8 Å². The van der Waals surface area contributed by atoms with Crippen molar-refractivity contribution in [1.82, 2.24) is 5.32 Å². The van der Waals surface area contributed by atoms with Crippen LogP contribution < -0.4 is 14.8 Å². The molecule has 0 aliphatic carbocycles. The molecule has 30 heavy (non-hydrogen) atoms. The van der Waals surface area contributed by atoms with Gasteiger partial charge in [-0.05, 0) is 61.0 Å². The molecule has 0 radical (unpaired) electrons. The van der Waals surface area contributed by atoms with Crippen LogP contribution in [0.5, 0.6) is 11.5 Å². The molecule has 0 unspecified atom stereocenters. The third kappa shape index (κ3) is 7.26. The van der Waals surface area contributed by atoms with Crippen molar-refractivity contribution in [2.75, 3.05) is 13.7 Å². The van der Waals surface area contributed by atoms with Crippen molar-refractivity contribution in [3.63, 3.8) is 0 Å². The Balaban J connectivity index is 0.00000320. The Hall–Kier alpha value is -1.62. The van der Waals surface area contributed by atoms with E-state index in [0.717, 1.165) is 35.6 Å². The van der Waals surface area contributed by atoms with Gasteiger partial charge in [-0.15, -0.1) is 12.4 Å². The highest BCUT2D eigenvalue weighted by molar-refractivity contribution is 6.35. The van der Waals surface area contributed by atoms with Crippen LogP contribution in [0.25, 0.3) is 0 Å². The maximum absolute atomic E-state index is 6.23. The molecule has 0 saturated carbocycles. The van der Waals surface area contributed by atoms with Crippen LogP contribution in [0.4, 0.5) is 0 Å². The number of halogens is 4. The third-order valence-electron chi connectivity index (χ3n) is 4.49. The van der Waals surface area contributed by atoms with Gasteiger partial charge in [-0.3, -0.25) is 0 Å². The summed E-state index contributed by atoms with van der Waals surface area (Å²) in [5.74, 6) is 1.64. The van der Waals surface area contributed by atoms with E-state index in [1.807, 2.05) is 36.4 Å². The van der Waals surface area contributed by atoms with Gasteiger partial charge in [0.15, 0.2) is 0 Å². The number of nitrogens with one attached hydrogen (secondary N) is 1. The number of rotatable bonds is 9. The Kier molecular flexibility index (Phi) is 10.1. The van der Waals surface area contributed by atoms with E-state index in [9.17, 15) is 0 Å². The van der Waals surface area contributed by atoms with Crippen LogP contribution in [0.1, 0.15) is 16.7 Å². The zero-order valence-electron chi connectivity index (χ0n) is 16.5. The molecule has 0 spiro atoms. The largest absolute Gasteiger partial charge is 0.497 e. The average Bonchev–Trinajstić information content (AvgIpc) is 2.72. The summed E-state index contributed by atoms with van der Waals surface area (Å²) >= 11 is 18.4. The predicted molar refractivity (Wildman–Crippen MR) is 128 cm³/mol. The van der Waals surface area contributed by atoms with Gasteiger partial charge in [-0.1, -0.05) is 53.0 Å². The Bertz CT molecular complexity index is 948. The van der Waals surface area contributed by atoms with E-state index in [1.54, 1.807) is 19.2 Å². The highest BCUT2D eigenvalue weighted by Gasteiger charge is 2.08. The molecule has 3 aromatic rings. The minimum atomic E-state index is 0. The van der Waals surface area contributed by atoms with Gasteiger partial charge in [0.2, 0.25) is 0 Å². The fourth-order valence-electron chi connectivity index (χ4n) is 2.87. The average molecular weight is 487 g/mol. The second-order valence-corrected chi connectivity index (χ2v) is 7.83. The van der Waals surface area contributed by atoms with Gasteiger partial charge in [0.25, 0.3) is 0 Å². The van der Waals surface area contributed by atoms with Crippen LogP contribution in [0.15, 0.2) is 60.7 Å². The van der Waals surface area contributed by atoms with E-state index >= 15 is 0 Å². The molecule has 0 atom stereocenters. The molecule has 0 aromatic heterocycles. The molecule has 3 aromatic carbocycles. The van der Waals surface area contributed by atoms with E-state index < -0.39 is 0 Å². The van der Waals surface area contributed by atoms with E-state index in [4.69, 9.17) is 44.3 Å². The van der Waals surface area contributed by atoms with Crippen LogP contribution in [-0.4, -0.2) is 13.7 Å². The number of hydrogen-bond donors (Lipinski definition) is 1. The SMILES string of the molecule is COc1ccc(CCNCc2cc(Cl)ccc2OCc2ccc(Cl)cc2Cl)cc1.Cl. The van der Waals surface area contributed by atoms with Gasteiger partial charge in [-0.25, -0.2) is 0 Å². The number of methoxy groups -OCH3 is 1. The Morgan fingerprint density at radius 2 is 1.53 bits per heavy atom. The summed E-state index contributed by atoms with van der Waals surface area (Å²) in [6.07, 6.45) is 0.918. The minimum absolute atomic E-state index is 0. The van der Waals surface area contributed by atoms with Crippen LogP contribution in [0.2, 0.25) is 15.1 Å². The summed E-state index contributed by atoms with van der Waals surface area (Å²) in [7, 11) is 1.67. The zero-order valence-corrected chi connectivity index (χ0v) is 19.5. The molecule has 1 N–H and O–H groups in total. The maximum atomic E-state index is 6.23. The molecule has 0 aliphatic rings. The second kappa shape index (κ2) is 12.3. The topological polar surface area (TPSA) is 30.5 Å². The smallest absolute Gasteiger partial charge is 0.124 e. The number of ether oxygens (including phenoxy) is 2. The molecule has 0 aliphatic heterocycles. The molecule has 160 valence electrons. The summed E-state index contributed by atoms with van der Waals surface area (Å²) in [5.41, 5.74) is 3.12. The Labute approximate surface area is 198 Å². The lowest BCUT2D eigenvalue weighted by atomic mass is 10.1. The molecule has 0 saturated heterocycles. The molecule has 0 bridgehead atoms. The Morgan fingerprint density at radius 1 is 0.833 bits per heavy atom. The van der Waals surface area contributed by atoms with Crippen molar-refractivity contribution in [1.29, 1.82) is 0 Å². The van der Waals surface area contributed by atoms with Crippen LogP contribution in [0, 0.1) is 0 Å². The monoisotopic (exact) mass is 485 g/mol. The van der Waals surface area contributed by atoms with Gasteiger partial charge >= 0.3 is 0 Å². The number of benzene rings is 3. The lowest BCUT2D eigenvalue weighted by Crippen LogP contribution is -2.17. The summed E-state index contributed by atoms with van der Waals surface area (Å²) < 4.78 is 11.2. The molecular formula is C23H23Cl4NO2.